The van der Waals surface area contributed by atoms with Crippen LogP contribution in [0, 0.1) is 11.3 Å². The van der Waals surface area contributed by atoms with Crippen LogP contribution in [-0.2, 0) is 27.4 Å². The summed E-state index contributed by atoms with van der Waals surface area (Å²) >= 11 is 0. The number of nitrogens with zero attached hydrogens (tertiary/aromatic N) is 1. The minimum atomic E-state index is -1.36. The highest BCUT2D eigenvalue weighted by molar-refractivity contribution is 5.91. The summed E-state index contributed by atoms with van der Waals surface area (Å²) in [5.74, 6) is -1.57. The molecule has 0 bridgehead atoms. The number of hydrogen-bond acceptors (Lipinski definition) is 6. The van der Waals surface area contributed by atoms with Crippen molar-refractivity contribution in [2.24, 2.45) is 5.73 Å². The van der Waals surface area contributed by atoms with Gasteiger partial charge in [0, 0.05) is 6.42 Å². The Bertz CT molecular complexity index is 939. The molecule has 0 unspecified atom stereocenters. The molecule has 162 valence electrons. The Labute approximate surface area is 179 Å². The van der Waals surface area contributed by atoms with Gasteiger partial charge in [-0.05, 0) is 30.2 Å². The van der Waals surface area contributed by atoms with Gasteiger partial charge in [-0.3, -0.25) is 9.59 Å². The van der Waals surface area contributed by atoms with E-state index >= 15 is 0 Å². The first-order chi connectivity index (χ1) is 14.8. The van der Waals surface area contributed by atoms with Crippen LogP contribution in [0.4, 0.5) is 4.79 Å². The number of alkyl carbamates (subject to hydrolysis) is 1. The van der Waals surface area contributed by atoms with Crippen LogP contribution in [0.15, 0.2) is 54.6 Å². The molecule has 0 saturated heterocycles. The number of ether oxygens (including phenoxy) is 1. The molecule has 0 saturated carbocycles. The molecule has 9 heteroatoms. The van der Waals surface area contributed by atoms with Gasteiger partial charge >= 0.3 is 6.09 Å². The first kappa shape index (κ1) is 23.4. The van der Waals surface area contributed by atoms with Crippen molar-refractivity contribution in [1.29, 1.82) is 5.26 Å². The number of nitriles is 1. The summed E-state index contributed by atoms with van der Waals surface area (Å²) in [7, 11) is 0. The fourth-order valence-corrected chi connectivity index (χ4v) is 2.73. The average molecular weight is 424 g/mol. The summed E-state index contributed by atoms with van der Waals surface area (Å²) in [5, 5.41) is 23.5. The number of carbonyl (C=O) groups is 3. The lowest BCUT2D eigenvalue weighted by Gasteiger charge is -2.23. The minimum Gasteiger partial charge on any atom is -0.445 e. The maximum Gasteiger partial charge on any atom is 0.408 e. The summed E-state index contributed by atoms with van der Waals surface area (Å²) in [6, 6.07) is 15.0. The van der Waals surface area contributed by atoms with E-state index in [1.165, 1.54) is 6.92 Å². The molecule has 31 heavy (non-hydrogen) atoms. The van der Waals surface area contributed by atoms with Crippen LogP contribution in [-0.4, -0.2) is 41.2 Å². The zero-order valence-electron chi connectivity index (χ0n) is 16.9. The fraction of sp³-hybridized carbons (Fsp3) is 0.273. The molecule has 9 nitrogen and oxygen atoms in total. The number of hydrogen-bond donors (Lipinski definition) is 4. The highest BCUT2D eigenvalue weighted by Gasteiger charge is 2.29. The molecule has 2 aromatic carbocycles. The van der Waals surface area contributed by atoms with Gasteiger partial charge in [0.15, 0.2) is 0 Å². The first-order valence-corrected chi connectivity index (χ1v) is 9.54. The number of nitrogens with one attached hydrogen (secondary N) is 2. The van der Waals surface area contributed by atoms with E-state index in [0.29, 0.717) is 11.1 Å². The maximum absolute atomic E-state index is 12.6. The van der Waals surface area contributed by atoms with Gasteiger partial charge in [0.2, 0.25) is 11.8 Å². The molecular weight excluding hydrogens is 400 g/mol. The third kappa shape index (κ3) is 7.45. The highest BCUT2D eigenvalue weighted by atomic mass is 16.5. The second-order valence-corrected chi connectivity index (χ2v) is 6.90. The minimum absolute atomic E-state index is 0.0105. The van der Waals surface area contributed by atoms with E-state index < -0.39 is 36.1 Å². The number of nitrogens with two attached hydrogens (primary N) is 1. The van der Waals surface area contributed by atoms with E-state index in [0.717, 1.165) is 5.56 Å². The molecule has 3 amide bonds. The van der Waals surface area contributed by atoms with E-state index in [9.17, 15) is 19.5 Å². The van der Waals surface area contributed by atoms with Crippen molar-refractivity contribution in [3.05, 3.63) is 71.3 Å². The highest BCUT2D eigenvalue weighted by Crippen LogP contribution is 2.07. The molecule has 0 aromatic heterocycles. The second kappa shape index (κ2) is 11.3. The molecule has 0 radical (unpaired) electrons. The van der Waals surface area contributed by atoms with Gasteiger partial charge in [0.1, 0.15) is 18.7 Å². The summed E-state index contributed by atoms with van der Waals surface area (Å²) in [4.78, 5) is 36.5. The third-order valence-corrected chi connectivity index (χ3v) is 4.43. The lowest BCUT2D eigenvalue weighted by molar-refractivity contribution is -0.130. The third-order valence-electron chi connectivity index (χ3n) is 4.43. The number of aliphatic hydroxyl groups excluding tert-OH is 1. The van der Waals surface area contributed by atoms with Gasteiger partial charge in [-0.15, -0.1) is 0 Å². The van der Waals surface area contributed by atoms with Crippen molar-refractivity contribution in [2.45, 2.75) is 38.1 Å². The Hall–Kier alpha value is -3.90. The lowest BCUT2D eigenvalue weighted by atomic mass is 10.0. The van der Waals surface area contributed by atoms with E-state index in [4.69, 9.17) is 15.7 Å². The van der Waals surface area contributed by atoms with Gasteiger partial charge in [-0.25, -0.2) is 4.79 Å². The quantitative estimate of drug-likeness (QED) is 0.466. The smallest absolute Gasteiger partial charge is 0.408 e. The average Bonchev–Trinajstić information content (AvgIpc) is 2.76. The lowest BCUT2D eigenvalue weighted by Crippen LogP contribution is -2.57. The van der Waals surface area contributed by atoms with Gasteiger partial charge in [0.25, 0.3) is 0 Å². The zero-order valence-corrected chi connectivity index (χ0v) is 16.9. The van der Waals surface area contributed by atoms with Crippen LogP contribution in [0.1, 0.15) is 23.6 Å². The van der Waals surface area contributed by atoms with Crippen LogP contribution >= 0.6 is 0 Å². The standard InChI is InChI=1S/C22H24N4O5/c1-14(27)19(26-22(30)31-13-17-5-3-2-4-6-17)21(29)25-18(20(24)28)11-15-7-9-16(12-23)10-8-15/h2-10,14,18-19,27H,11,13H2,1H3,(H2,24,28)(H,25,29)(H,26,30)/t14-,18+,19+/m1/s1. The molecule has 0 spiro atoms. The fourth-order valence-electron chi connectivity index (χ4n) is 2.73. The van der Waals surface area contributed by atoms with Crippen molar-refractivity contribution >= 4 is 17.9 Å². The molecule has 0 fully saturated rings. The molecular formula is C22H24N4O5. The largest absolute Gasteiger partial charge is 0.445 e. The van der Waals surface area contributed by atoms with Crippen molar-refractivity contribution in [3.8, 4) is 6.07 Å². The normalized spacial score (nSPS) is 13.2. The molecule has 0 heterocycles. The molecule has 0 aliphatic heterocycles. The van der Waals surface area contributed by atoms with Crippen LogP contribution in [0.2, 0.25) is 0 Å². The summed E-state index contributed by atoms with van der Waals surface area (Å²) in [5.41, 5.74) is 7.28. The predicted octanol–water partition coefficient (Wildman–Crippen LogP) is 0.747. The Balaban J connectivity index is 1.98. The first-order valence-electron chi connectivity index (χ1n) is 9.54. The SMILES string of the molecule is C[C@@H](O)[C@H](NC(=O)OCc1ccccc1)C(=O)N[C@@H](Cc1ccc(C#N)cc1)C(N)=O. The number of benzene rings is 2. The Morgan fingerprint density at radius 3 is 2.26 bits per heavy atom. The summed E-state index contributed by atoms with van der Waals surface area (Å²) < 4.78 is 5.07. The van der Waals surface area contributed by atoms with Crippen LogP contribution < -0.4 is 16.4 Å². The predicted molar refractivity (Wildman–Crippen MR) is 111 cm³/mol. The Morgan fingerprint density at radius 1 is 1.06 bits per heavy atom. The van der Waals surface area contributed by atoms with Crippen molar-refractivity contribution in [3.63, 3.8) is 0 Å². The second-order valence-electron chi connectivity index (χ2n) is 6.90. The number of aliphatic hydroxyl groups is 1. The monoisotopic (exact) mass is 424 g/mol. The van der Waals surface area contributed by atoms with E-state index in [1.54, 1.807) is 48.5 Å². The van der Waals surface area contributed by atoms with Crippen LogP contribution in [0.3, 0.4) is 0 Å². The number of carbonyl (C=O) groups excluding carboxylic acids is 3. The number of amides is 3. The van der Waals surface area contributed by atoms with E-state index in [1.807, 2.05) is 12.1 Å². The van der Waals surface area contributed by atoms with E-state index in [-0.39, 0.29) is 13.0 Å². The summed E-state index contributed by atoms with van der Waals surface area (Å²) in [6.07, 6.45) is -2.07. The van der Waals surface area contributed by atoms with Gasteiger partial charge in [-0.1, -0.05) is 42.5 Å². The molecule has 0 aliphatic carbocycles. The van der Waals surface area contributed by atoms with Crippen molar-refractivity contribution in [1.82, 2.24) is 10.6 Å². The van der Waals surface area contributed by atoms with Crippen molar-refractivity contribution < 1.29 is 24.2 Å². The molecule has 3 atom stereocenters. The maximum atomic E-state index is 12.6. The van der Waals surface area contributed by atoms with Crippen LogP contribution in [0.25, 0.3) is 0 Å². The zero-order chi connectivity index (χ0) is 22.8. The molecule has 5 N–H and O–H groups in total. The van der Waals surface area contributed by atoms with Gasteiger partial charge in [0.05, 0.1) is 17.7 Å². The molecule has 0 aliphatic rings. The Morgan fingerprint density at radius 2 is 1.71 bits per heavy atom. The Kier molecular flexibility index (Phi) is 8.54. The molecule has 2 rings (SSSR count). The van der Waals surface area contributed by atoms with Crippen molar-refractivity contribution in [2.75, 3.05) is 0 Å². The van der Waals surface area contributed by atoms with Crippen LogP contribution in [0.5, 0.6) is 0 Å². The number of primary amides is 1. The van der Waals surface area contributed by atoms with Gasteiger partial charge < -0.3 is 26.2 Å². The van der Waals surface area contributed by atoms with E-state index in [2.05, 4.69) is 10.6 Å². The summed E-state index contributed by atoms with van der Waals surface area (Å²) in [6.45, 7) is 1.31. The topological polar surface area (TPSA) is 155 Å². The number of rotatable bonds is 9. The molecule has 2 aromatic rings. The van der Waals surface area contributed by atoms with Gasteiger partial charge in [-0.2, -0.15) is 5.26 Å².